The first-order valence-corrected chi connectivity index (χ1v) is 6.36. The second kappa shape index (κ2) is 5.74. The van der Waals surface area contributed by atoms with E-state index in [1.807, 2.05) is 26.0 Å². The van der Waals surface area contributed by atoms with Gasteiger partial charge in [0.05, 0.1) is 13.0 Å². The highest BCUT2D eigenvalue weighted by Gasteiger charge is 2.21. The molecule has 0 bridgehead atoms. The molecule has 0 amide bonds. The van der Waals surface area contributed by atoms with Gasteiger partial charge in [-0.3, -0.25) is 4.79 Å². The molecule has 0 radical (unpaired) electrons. The van der Waals surface area contributed by atoms with E-state index in [2.05, 4.69) is 10.3 Å². The summed E-state index contributed by atoms with van der Waals surface area (Å²) in [6.45, 7) is 3.94. The number of aromatic nitrogens is 3. The van der Waals surface area contributed by atoms with Gasteiger partial charge in [-0.05, 0) is 31.0 Å². The predicted molar refractivity (Wildman–Crippen MR) is 74.1 cm³/mol. The topological polar surface area (TPSA) is 105 Å². The van der Waals surface area contributed by atoms with Crippen molar-refractivity contribution in [2.45, 2.75) is 26.8 Å². The molecular weight excluding hydrogens is 274 g/mol. The van der Waals surface area contributed by atoms with Crippen molar-refractivity contribution in [3.05, 3.63) is 35.0 Å². The van der Waals surface area contributed by atoms with Crippen LogP contribution in [-0.4, -0.2) is 37.1 Å². The molecule has 0 saturated heterocycles. The number of carboxylic acids is 2. The number of benzene rings is 1. The zero-order valence-electron chi connectivity index (χ0n) is 11.7. The monoisotopic (exact) mass is 289 g/mol. The van der Waals surface area contributed by atoms with Crippen LogP contribution in [0.25, 0.3) is 11.3 Å². The zero-order valence-corrected chi connectivity index (χ0v) is 11.7. The molecule has 0 aliphatic rings. The molecule has 7 nitrogen and oxygen atoms in total. The maximum atomic E-state index is 11.3. The summed E-state index contributed by atoms with van der Waals surface area (Å²) in [7, 11) is 0. The summed E-state index contributed by atoms with van der Waals surface area (Å²) in [5, 5.41) is 25.4. The van der Waals surface area contributed by atoms with E-state index in [1.165, 1.54) is 4.68 Å². The van der Waals surface area contributed by atoms with Gasteiger partial charge in [0.25, 0.3) is 0 Å². The Balaban J connectivity index is 2.52. The first kappa shape index (κ1) is 14.7. The molecular formula is C14H15N3O4. The van der Waals surface area contributed by atoms with Crippen molar-refractivity contribution in [2.75, 3.05) is 0 Å². The fourth-order valence-corrected chi connectivity index (χ4v) is 1.99. The number of aromatic carboxylic acids is 1. The van der Waals surface area contributed by atoms with E-state index in [4.69, 9.17) is 5.11 Å². The highest BCUT2D eigenvalue weighted by atomic mass is 16.4. The van der Waals surface area contributed by atoms with Crippen LogP contribution in [0.5, 0.6) is 0 Å². The van der Waals surface area contributed by atoms with Gasteiger partial charge in [-0.1, -0.05) is 17.3 Å². The molecule has 2 rings (SSSR count). The van der Waals surface area contributed by atoms with Crippen LogP contribution >= 0.6 is 0 Å². The quantitative estimate of drug-likeness (QED) is 0.868. The maximum absolute atomic E-state index is 11.3. The zero-order chi connectivity index (χ0) is 15.6. The van der Waals surface area contributed by atoms with Gasteiger partial charge in [-0.25, -0.2) is 9.48 Å². The number of rotatable bonds is 5. The molecule has 0 unspecified atom stereocenters. The Kier molecular flexibility index (Phi) is 4.02. The number of carboxylic acid groups (broad SMARTS) is 2. The Hall–Kier alpha value is -2.70. The summed E-state index contributed by atoms with van der Waals surface area (Å²) in [5.41, 5.74) is 2.90. The largest absolute Gasteiger partial charge is 0.481 e. The van der Waals surface area contributed by atoms with Crippen LogP contribution in [-0.2, 0) is 11.3 Å². The lowest BCUT2D eigenvalue weighted by Crippen LogP contribution is -2.09. The van der Waals surface area contributed by atoms with E-state index >= 15 is 0 Å². The van der Waals surface area contributed by atoms with Gasteiger partial charge in [0, 0.05) is 5.56 Å². The Morgan fingerprint density at radius 2 is 1.90 bits per heavy atom. The first-order valence-electron chi connectivity index (χ1n) is 6.36. The van der Waals surface area contributed by atoms with Gasteiger partial charge in [-0.15, -0.1) is 5.10 Å². The van der Waals surface area contributed by atoms with Gasteiger partial charge < -0.3 is 10.2 Å². The molecule has 0 spiro atoms. The summed E-state index contributed by atoms with van der Waals surface area (Å²) in [5.74, 6) is -2.17. The molecule has 2 aromatic rings. The van der Waals surface area contributed by atoms with Crippen molar-refractivity contribution in [2.24, 2.45) is 0 Å². The van der Waals surface area contributed by atoms with E-state index in [1.54, 1.807) is 6.07 Å². The molecule has 1 aromatic heterocycles. The summed E-state index contributed by atoms with van der Waals surface area (Å²) < 4.78 is 1.32. The molecule has 1 aromatic carbocycles. The Morgan fingerprint density at radius 3 is 2.48 bits per heavy atom. The minimum atomic E-state index is -1.19. The highest BCUT2D eigenvalue weighted by molar-refractivity contribution is 5.92. The van der Waals surface area contributed by atoms with Gasteiger partial charge >= 0.3 is 11.9 Å². The van der Waals surface area contributed by atoms with Gasteiger partial charge in [-0.2, -0.15) is 0 Å². The summed E-state index contributed by atoms with van der Waals surface area (Å²) >= 11 is 0. The average molecular weight is 289 g/mol. The lowest BCUT2D eigenvalue weighted by molar-refractivity contribution is -0.137. The van der Waals surface area contributed by atoms with Crippen molar-refractivity contribution in [3.8, 4) is 11.3 Å². The maximum Gasteiger partial charge on any atom is 0.358 e. The normalized spacial score (nSPS) is 10.6. The van der Waals surface area contributed by atoms with Crippen LogP contribution in [0, 0.1) is 13.8 Å². The second-order valence-corrected chi connectivity index (χ2v) is 4.76. The van der Waals surface area contributed by atoms with E-state index in [9.17, 15) is 14.7 Å². The van der Waals surface area contributed by atoms with E-state index < -0.39 is 11.9 Å². The van der Waals surface area contributed by atoms with Gasteiger partial charge in [0.2, 0.25) is 0 Å². The van der Waals surface area contributed by atoms with Crippen molar-refractivity contribution < 1.29 is 19.8 Å². The van der Waals surface area contributed by atoms with Crippen LogP contribution in [0.15, 0.2) is 18.2 Å². The SMILES string of the molecule is Cc1ccc(-c2c(C(=O)O)nnn2CCC(=O)O)cc1C. The molecule has 0 fully saturated rings. The number of aliphatic carboxylic acids is 1. The summed E-state index contributed by atoms with van der Waals surface area (Å²) in [6.07, 6.45) is -0.153. The molecule has 1 heterocycles. The van der Waals surface area contributed by atoms with Crippen LogP contribution in [0.1, 0.15) is 28.0 Å². The van der Waals surface area contributed by atoms with E-state index in [0.29, 0.717) is 11.3 Å². The standard InChI is InChI=1S/C14H15N3O4/c1-8-3-4-10(7-9(8)2)13-12(14(20)21)15-16-17(13)6-5-11(18)19/h3-4,7H,5-6H2,1-2H3,(H,18,19)(H,20,21). The van der Waals surface area contributed by atoms with Crippen molar-refractivity contribution >= 4 is 11.9 Å². The predicted octanol–water partition coefficient (Wildman–Crippen LogP) is 1.73. The second-order valence-electron chi connectivity index (χ2n) is 4.76. The molecule has 2 N–H and O–H groups in total. The van der Waals surface area contributed by atoms with Gasteiger partial charge in [0.15, 0.2) is 5.69 Å². The lowest BCUT2D eigenvalue weighted by Gasteiger charge is -2.08. The summed E-state index contributed by atoms with van der Waals surface area (Å²) in [6, 6.07) is 5.51. The van der Waals surface area contributed by atoms with Gasteiger partial charge in [0.1, 0.15) is 5.69 Å². The summed E-state index contributed by atoms with van der Waals surface area (Å²) in [4.78, 5) is 21.9. The van der Waals surface area contributed by atoms with Crippen molar-refractivity contribution in [1.29, 1.82) is 0 Å². The Labute approximate surface area is 120 Å². The number of carbonyl (C=O) groups is 2. The van der Waals surface area contributed by atoms with Crippen molar-refractivity contribution in [3.63, 3.8) is 0 Å². The van der Waals surface area contributed by atoms with Crippen LogP contribution < -0.4 is 0 Å². The molecule has 7 heteroatoms. The van der Waals surface area contributed by atoms with Crippen LogP contribution in [0.2, 0.25) is 0 Å². The lowest BCUT2D eigenvalue weighted by atomic mass is 10.0. The highest BCUT2D eigenvalue weighted by Crippen LogP contribution is 2.25. The third-order valence-electron chi connectivity index (χ3n) is 3.26. The first-order chi connectivity index (χ1) is 9.90. The smallest absolute Gasteiger partial charge is 0.358 e. The fraction of sp³-hybridized carbons (Fsp3) is 0.286. The number of nitrogens with zero attached hydrogens (tertiary/aromatic N) is 3. The van der Waals surface area contributed by atoms with Crippen LogP contribution in [0.3, 0.4) is 0 Å². The molecule has 0 atom stereocenters. The molecule has 21 heavy (non-hydrogen) atoms. The minimum Gasteiger partial charge on any atom is -0.481 e. The number of hydrogen-bond donors (Lipinski definition) is 2. The van der Waals surface area contributed by atoms with Crippen molar-refractivity contribution in [1.82, 2.24) is 15.0 Å². The third kappa shape index (κ3) is 3.07. The number of hydrogen-bond acceptors (Lipinski definition) is 4. The molecule has 0 aliphatic carbocycles. The Bertz CT molecular complexity index is 706. The van der Waals surface area contributed by atoms with E-state index in [-0.39, 0.29) is 18.7 Å². The minimum absolute atomic E-state index is 0.0673. The third-order valence-corrected chi connectivity index (χ3v) is 3.26. The average Bonchev–Trinajstić information content (AvgIpc) is 2.83. The fourth-order valence-electron chi connectivity index (χ4n) is 1.99. The van der Waals surface area contributed by atoms with Crippen LogP contribution in [0.4, 0.5) is 0 Å². The Morgan fingerprint density at radius 1 is 1.19 bits per heavy atom. The van der Waals surface area contributed by atoms with E-state index in [0.717, 1.165) is 11.1 Å². The molecule has 0 aliphatic heterocycles. The number of aryl methyl sites for hydroxylation is 3. The molecule has 110 valence electrons. The molecule has 0 saturated carbocycles.